The molecular formula is C18H31BN2O3. The molecule has 0 aliphatic rings. The van der Waals surface area contributed by atoms with Gasteiger partial charge >= 0.3 is 7.48 Å². The standard InChI is InChI=1S/C18H31BN2O3/c1-7-21(6)13-12-20-16(22)14-8-10-15(11-9-14)19-24-18(4,5)17(2,3)23/h8-11,19,23H,7,12-13H2,1-6H3,(H,20,22). The number of hydrogen-bond acceptors (Lipinski definition) is 4. The molecule has 0 heterocycles. The molecule has 0 aliphatic heterocycles. The highest BCUT2D eigenvalue weighted by atomic mass is 16.5. The van der Waals surface area contributed by atoms with Crippen LogP contribution >= 0.6 is 0 Å². The van der Waals surface area contributed by atoms with E-state index in [1.165, 1.54) is 0 Å². The average molecular weight is 334 g/mol. The summed E-state index contributed by atoms with van der Waals surface area (Å²) >= 11 is 0. The number of nitrogens with zero attached hydrogens (tertiary/aromatic N) is 1. The lowest BCUT2D eigenvalue weighted by molar-refractivity contribution is -0.0893. The Morgan fingerprint density at radius 1 is 1.25 bits per heavy atom. The van der Waals surface area contributed by atoms with Crippen LogP contribution in [0.1, 0.15) is 45.0 Å². The van der Waals surface area contributed by atoms with Gasteiger partial charge in [0.2, 0.25) is 0 Å². The zero-order chi connectivity index (χ0) is 18.4. The van der Waals surface area contributed by atoms with Crippen molar-refractivity contribution in [3.05, 3.63) is 29.8 Å². The number of benzene rings is 1. The first-order valence-electron chi connectivity index (χ1n) is 8.49. The SMILES string of the molecule is CCN(C)CCNC(=O)c1ccc(BOC(C)(C)C(C)(C)O)cc1. The first kappa shape index (κ1) is 20.7. The third-order valence-corrected chi connectivity index (χ3v) is 4.61. The number of carbonyl (C=O) groups is 1. The first-order chi connectivity index (χ1) is 11.1. The molecule has 1 rings (SSSR count). The minimum Gasteiger partial charge on any atom is -0.427 e. The van der Waals surface area contributed by atoms with Gasteiger partial charge in [0.05, 0.1) is 11.2 Å². The van der Waals surface area contributed by atoms with Crippen molar-refractivity contribution in [3.63, 3.8) is 0 Å². The summed E-state index contributed by atoms with van der Waals surface area (Å²) in [5.41, 5.74) is 0.0153. The van der Waals surface area contributed by atoms with Crippen molar-refractivity contribution in [1.29, 1.82) is 0 Å². The molecule has 0 spiro atoms. The molecule has 2 N–H and O–H groups in total. The van der Waals surface area contributed by atoms with Crippen LogP contribution in [0.3, 0.4) is 0 Å². The van der Waals surface area contributed by atoms with Gasteiger partial charge in [-0.15, -0.1) is 0 Å². The molecule has 0 aromatic heterocycles. The molecule has 0 fully saturated rings. The fourth-order valence-electron chi connectivity index (χ4n) is 1.81. The number of hydrogen-bond donors (Lipinski definition) is 2. The van der Waals surface area contributed by atoms with Gasteiger partial charge in [0.25, 0.3) is 5.91 Å². The van der Waals surface area contributed by atoms with Crippen molar-refractivity contribution in [2.75, 3.05) is 26.7 Å². The summed E-state index contributed by atoms with van der Waals surface area (Å²) in [5.74, 6) is -0.0659. The van der Waals surface area contributed by atoms with Crippen molar-refractivity contribution in [2.24, 2.45) is 0 Å². The van der Waals surface area contributed by atoms with Crippen LogP contribution in [-0.4, -0.2) is 61.3 Å². The minimum absolute atomic E-state index is 0.0659. The summed E-state index contributed by atoms with van der Waals surface area (Å²) < 4.78 is 5.83. The second-order valence-electron chi connectivity index (χ2n) is 7.21. The zero-order valence-corrected chi connectivity index (χ0v) is 15.8. The molecule has 134 valence electrons. The third-order valence-electron chi connectivity index (χ3n) is 4.61. The van der Waals surface area contributed by atoms with Crippen molar-refractivity contribution >= 4 is 18.9 Å². The maximum atomic E-state index is 12.1. The lowest BCUT2D eigenvalue weighted by Crippen LogP contribution is -2.49. The van der Waals surface area contributed by atoms with Crippen LogP contribution < -0.4 is 10.8 Å². The number of amides is 1. The smallest absolute Gasteiger partial charge is 0.309 e. The van der Waals surface area contributed by atoms with Gasteiger partial charge in [-0.2, -0.15) is 0 Å². The Balaban J connectivity index is 2.52. The summed E-state index contributed by atoms with van der Waals surface area (Å²) in [4.78, 5) is 14.2. The highest BCUT2D eigenvalue weighted by molar-refractivity contribution is 6.47. The van der Waals surface area contributed by atoms with E-state index < -0.39 is 11.2 Å². The molecule has 0 saturated heterocycles. The number of nitrogens with one attached hydrogen (secondary N) is 1. The van der Waals surface area contributed by atoms with Gasteiger partial charge in [-0.05, 0) is 53.4 Å². The molecule has 0 bridgehead atoms. The van der Waals surface area contributed by atoms with Gasteiger partial charge in [0.1, 0.15) is 0 Å². The molecular weight excluding hydrogens is 303 g/mol. The molecule has 5 nitrogen and oxygen atoms in total. The molecule has 1 amide bonds. The predicted molar refractivity (Wildman–Crippen MR) is 100 cm³/mol. The van der Waals surface area contributed by atoms with Crippen molar-refractivity contribution in [1.82, 2.24) is 10.2 Å². The quantitative estimate of drug-likeness (QED) is 0.659. The topological polar surface area (TPSA) is 61.8 Å². The van der Waals surface area contributed by atoms with Crippen molar-refractivity contribution in [2.45, 2.75) is 45.8 Å². The lowest BCUT2D eigenvalue weighted by atomic mass is 9.82. The molecule has 24 heavy (non-hydrogen) atoms. The van der Waals surface area contributed by atoms with Gasteiger partial charge < -0.3 is 20.0 Å². The molecule has 1 aromatic carbocycles. The maximum Gasteiger partial charge on any atom is 0.309 e. The number of aliphatic hydroxyl groups is 1. The van der Waals surface area contributed by atoms with Crippen LogP contribution in [-0.2, 0) is 4.65 Å². The van der Waals surface area contributed by atoms with E-state index in [1.807, 2.05) is 33.0 Å². The fraction of sp³-hybridized carbons (Fsp3) is 0.611. The molecule has 0 atom stereocenters. The average Bonchev–Trinajstić information content (AvgIpc) is 2.52. The van der Waals surface area contributed by atoms with E-state index in [1.54, 1.807) is 26.0 Å². The normalized spacial score (nSPS) is 12.3. The molecule has 1 aromatic rings. The fourth-order valence-corrected chi connectivity index (χ4v) is 1.81. The second-order valence-corrected chi connectivity index (χ2v) is 7.21. The highest BCUT2D eigenvalue weighted by Crippen LogP contribution is 2.24. The van der Waals surface area contributed by atoms with Crippen molar-refractivity contribution < 1.29 is 14.6 Å². The Kier molecular flexibility index (Phi) is 7.45. The number of rotatable bonds is 9. The van der Waals surface area contributed by atoms with Gasteiger partial charge in [0, 0.05) is 18.7 Å². The molecule has 0 radical (unpaired) electrons. The van der Waals surface area contributed by atoms with Gasteiger partial charge in [-0.1, -0.05) is 24.5 Å². The molecule has 0 saturated carbocycles. The molecule has 0 aliphatic carbocycles. The summed E-state index contributed by atoms with van der Waals surface area (Å²) in [7, 11) is 2.41. The van der Waals surface area contributed by atoms with Crippen LogP contribution in [0.15, 0.2) is 24.3 Å². The Morgan fingerprint density at radius 2 is 1.83 bits per heavy atom. The van der Waals surface area contributed by atoms with Crippen LogP contribution in [0.25, 0.3) is 0 Å². The molecule has 6 heteroatoms. The zero-order valence-electron chi connectivity index (χ0n) is 15.8. The van der Waals surface area contributed by atoms with E-state index in [-0.39, 0.29) is 5.91 Å². The Hall–Kier alpha value is -1.37. The predicted octanol–water partition coefficient (Wildman–Crippen LogP) is 0.911. The summed E-state index contributed by atoms with van der Waals surface area (Å²) in [6.07, 6.45) is 0. The van der Waals surface area contributed by atoms with Gasteiger partial charge in [-0.25, -0.2) is 0 Å². The summed E-state index contributed by atoms with van der Waals surface area (Å²) in [6.45, 7) is 11.7. The Bertz CT molecular complexity index is 524. The lowest BCUT2D eigenvalue weighted by Gasteiger charge is -2.37. The summed E-state index contributed by atoms with van der Waals surface area (Å²) in [6, 6.07) is 7.37. The van der Waals surface area contributed by atoms with Crippen LogP contribution in [0.2, 0.25) is 0 Å². The number of likely N-dealkylation sites (N-methyl/N-ethyl adjacent to an activating group) is 1. The van der Waals surface area contributed by atoms with Crippen LogP contribution in [0, 0.1) is 0 Å². The third kappa shape index (κ3) is 6.26. The largest absolute Gasteiger partial charge is 0.427 e. The van der Waals surface area contributed by atoms with Crippen LogP contribution in [0.5, 0.6) is 0 Å². The van der Waals surface area contributed by atoms with Crippen LogP contribution in [0.4, 0.5) is 0 Å². The van der Waals surface area contributed by atoms with E-state index in [4.69, 9.17) is 4.65 Å². The summed E-state index contributed by atoms with van der Waals surface area (Å²) in [5, 5.41) is 13.0. The monoisotopic (exact) mass is 334 g/mol. The minimum atomic E-state index is -0.932. The van der Waals surface area contributed by atoms with Gasteiger partial charge in [0.15, 0.2) is 0 Å². The Morgan fingerprint density at radius 3 is 2.33 bits per heavy atom. The number of carbonyl (C=O) groups excluding carboxylic acids is 1. The maximum absolute atomic E-state index is 12.1. The van der Waals surface area contributed by atoms with E-state index in [0.717, 1.165) is 18.6 Å². The van der Waals surface area contributed by atoms with E-state index in [9.17, 15) is 9.90 Å². The Labute approximate surface area is 146 Å². The first-order valence-corrected chi connectivity index (χ1v) is 8.49. The molecule has 0 unspecified atom stereocenters. The van der Waals surface area contributed by atoms with Crippen molar-refractivity contribution in [3.8, 4) is 0 Å². The second kappa shape index (κ2) is 8.65. The van der Waals surface area contributed by atoms with E-state index >= 15 is 0 Å². The van der Waals surface area contributed by atoms with Gasteiger partial charge in [-0.3, -0.25) is 4.79 Å². The highest BCUT2D eigenvalue weighted by Gasteiger charge is 2.35. The van der Waals surface area contributed by atoms with E-state index in [0.29, 0.717) is 19.6 Å². The van der Waals surface area contributed by atoms with E-state index in [2.05, 4.69) is 17.1 Å².